The van der Waals surface area contributed by atoms with Crippen molar-refractivity contribution >= 4 is 17.5 Å². The van der Waals surface area contributed by atoms with Gasteiger partial charge < -0.3 is 9.64 Å². The summed E-state index contributed by atoms with van der Waals surface area (Å²) < 4.78 is 5.57. The molecule has 0 saturated carbocycles. The highest BCUT2D eigenvalue weighted by atomic mass is 35.5. The fraction of sp³-hybridized carbons (Fsp3) is 0.353. The van der Waals surface area contributed by atoms with Gasteiger partial charge in [0.1, 0.15) is 0 Å². The molecule has 120 valence electrons. The molecule has 0 N–H and O–H groups in total. The first-order chi connectivity index (χ1) is 11.1. The lowest BCUT2D eigenvalue weighted by atomic mass is 9.95. The molecule has 0 radical (unpaired) electrons. The Kier molecular flexibility index (Phi) is 4.76. The molecule has 1 aliphatic rings. The molecule has 1 amide bonds. The van der Waals surface area contributed by atoms with Crippen molar-refractivity contribution in [1.82, 2.24) is 14.9 Å². The smallest absolute Gasteiger partial charge is 0.233 e. The third kappa shape index (κ3) is 3.79. The Morgan fingerprint density at radius 2 is 2.09 bits per heavy atom. The average molecular weight is 332 g/mol. The van der Waals surface area contributed by atoms with Gasteiger partial charge in [0, 0.05) is 19.0 Å². The SMILES string of the molecule is CC(C(=O)N1CC(COc2cncc(Cl)n2)C1)c1ccccc1. The van der Waals surface area contributed by atoms with Gasteiger partial charge in [-0.2, -0.15) is 4.98 Å². The molecule has 1 aromatic carbocycles. The van der Waals surface area contributed by atoms with E-state index in [1.54, 1.807) is 0 Å². The maximum atomic E-state index is 12.4. The number of carbonyl (C=O) groups is 1. The fourth-order valence-electron chi connectivity index (χ4n) is 2.61. The molecular weight excluding hydrogens is 314 g/mol. The van der Waals surface area contributed by atoms with E-state index in [0.29, 0.717) is 36.6 Å². The second-order valence-corrected chi connectivity index (χ2v) is 6.12. The van der Waals surface area contributed by atoms with Crippen LogP contribution in [0.25, 0.3) is 0 Å². The summed E-state index contributed by atoms with van der Waals surface area (Å²) >= 11 is 5.76. The first-order valence-electron chi connectivity index (χ1n) is 7.57. The maximum Gasteiger partial charge on any atom is 0.233 e. The molecule has 1 aliphatic heterocycles. The average Bonchev–Trinajstić information content (AvgIpc) is 2.53. The van der Waals surface area contributed by atoms with Crippen molar-refractivity contribution in [2.24, 2.45) is 5.92 Å². The van der Waals surface area contributed by atoms with Crippen molar-refractivity contribution < 1.29 is 9.53 Å². The zero-order valence-electron chi connectivity index (χ0n) is 12.9. The summed E-state index contributed by atoms with van der Waals surface area (Å²) in [5, 5.41) is 0.310. The second kappa shape index (κ2) is 6.96. The molecule has 0 spiro atoms. The predicted octanol–water partition coefficient (Wildman–Crippen LogP) is 2.77. The summed E-state index contributed by atoms with van der Waals surface area (Å²) in [4.78, 5) is 22.3. The van der Waals surface area contributed by atoms with Gasteiger partial charge in [-0.25, -0.2) is 0 Å². The molecule has 0 aliphatic carbocycles. The number of carbonyl (C=O) groups excluding carboxylic acids is 1. The van der Waals surface area contributed by atoms with Crippen molar-refractivity contribution in [2.75, 3.05) is 19.7 Å². The molecule has 5 nitrogen and oxygen atoms in total. The van der Waals surface area contributed by atoms with Crippen LogP contribution in [0, 0.1) is 5.92 Å². The summed E-state index contributed by atoms with van der Waals surface area (Å²) in [6.45, 7) is 3.88. The Morgan fingerprint density at radius 3 is 2.78 bits per heavy atom. The van der Waals surface area contributed by atoms with E-state index in [1.807, 2.05) is 42.2 Å². The lowest BCUT2D eigenvalue weighted by Gasteiger charge is -2.40. The van der Waals surface area contributed by atoms with Gasteiger partial charge in [-0.15, -0.1) is 0 Å². The van der Waals surface area contributed by atoms with Gasteiger partial charge in [0.05, 0.1) is 24.9 Å². The number of hydrogen-bond acceptors (Lipinski definition) is 4. The van der Waals surface area contributed by atoms with Crippen LogP contribution < -0.4 is 4.74 Å². The van der Waals surface area contributed by atoms with Gasteiger partial charge in [0.25, 0.3) is 0 Å². The number of ether oxygens (including phenoxy) is 1. The van der Waals surface area contributed by atoms with E-state index in [9.17, 15) is 4.79 Å². The number of amides is 1. The van der Waals surface area contributed by atoms with Crippen LogP contribution in [0.3, 0.4) is 0 Å². The van der Waals surface area contributed by atoms with Gasteiger partial charge in [-0.3, -0.25) is 9.78 Å². The van der Waals surface area contributed by atoms with Crippen LogP contribution in [-0.2, 0) is 4.79 Å². The monoisotopic (exact) mass is 331 g/mol. The van der Waals surface area contributed by atoms with Gasteiger partial charge in [-0.05, 0) is 12.5 Å². The third-order valence-electron chi connectivity index (χ3n) is 3.99. The normalized spacial score (nSPS) is 15.8. The van der Waals surface area contributed by atoms with Crippen molar-refractivity contribution in [3.05, 3.63) is 53.4 Å². The van der Waals surface area contributed by atoms with Crippen molar-refractivity contribution in [3.63, 3.8) is 0 Å². The zero-order valence-corrected chi connectivity index (χ0v) is 13.6. The number of benzene rings is 1. The van der Waals surface area contributed by atoms with E-state index in [-0.39, 0.29) is 11.8 Å². The second-order valence-electron chi connectivity index (χ2n) is 5.73. The molecule has 23 heavy (non-hydrogen) atoms. The molecule has 1 unspecified atom stereocenters. The van der Waals surface area contributed by atoms with Crippen LogP contribution in [0.5, 0.6) is 5.88 Å². The van der Waals surface area contributed by atoms with Crippen LogP contribution in [0.1, 0.15) is 18.4 Å². The van der Waals surface area contributed by atoms with Crippen LogP contribution in [0.2, 0.25) is 5.15 Å². The van der Waals surface area contributed by atoms with Crippen molar-refractivity contribution in [3.8, 4) is 5.88 Å². The molecule has 1 atom stereocenters. The summed E-state index contributed by atoms with van der Waals surface area (Å²) in [5.74, 6) is 0.787. The molecular formula is C17H18ClN3O2. The summed E-state index contributed by atoms with van der Waals surface area (Å²) in [6.07, 6.45) is 2.99. The molecule has 1 aromatic heterocycles. The van der Waals surface area contributed by atoms with Crippen molar-refractivity contribution in [1.29, 1.82) is 0 Å². The summed E-state index contributed by atoms with van der Waals surface area (Å²) in [7, 11) is 0. The van der Waals surface area contributed by atoms with E-state index >= 15 is 0 Å². The zero-order chi connectivity index (χ0) is 16.2. The summed E-state index contributed by atoms with van der Waals surface area (Å²) in [6, 6.07) is 9.84. The molecule has 1 saturated heterocycles. The first-order valence-corrected chi connectivity index (χ1v) is 7.95. The standard InChI is InChI=1S/C17H18ClN3O2/c1-12(14-5-3-2-4-6-14)17(22)21-9-13(10-21)11-23-16-8-19-7-15(18)20-16/h2-8,12-13H,9-11H2,1H3. The maximum absolute atomic E-state index is 12.4. The lowest BCUT2D eigenvalue weighted by Crippen LogP contribution is -2.53. The van der Waals surface area contributed by atoms with Gasteiger partial charge in [-0.1, -0.05) is 41.9 Å². The van der Waals surface area contributed by atoms with Gasteiger partial charge in [0.15, 0.2) is 5.15 Å². The molecule has 1 fully saturated rings. The van der Waals surface area contributed by atoms with Gasteiger partial charge in [0.2, 0.25) is 11.8 Å². The molecule has 2 heterocycles. The molecule has 6 heteroatoms. The topological polar surface area (TPSA) is 55.3 Å². The highest BCUT2D eigenvalue weighted by molar-refractivity contribution is 6.29. The highest BCUT2D eigenvalue weighted by Gasteiger charge is 2.33. The van der Waals surface area contributed by atoms with E-state index in [4.69, 9.17) is 16.3 Å². The number of aromatic nitrogens is 2. The predicted molar refractivity (Wildman–Crippen MR) is 87.5 cm³/mol. The Hall–Kier alpha value is -2.14. The van der Waals surface area contributed by atoms with E-state index in [2.05, 4.69) is 9.97 Å². The van der Waals surface area contributed by atoms with Crippen molar-refractivity contribution in [2.45, 2.75) is 12.8 Å². The highest BCUT2D eigenvalue weighted by Crippen LogP contribution is 2.24. The Balaban J connectivity index is 1.46. The molecule has 3 rings (SSSR count). The number of nitrogens with zero attached hydrogens (tertiary/aromatic N) is 3. The van der Waals surface area contributed by atoms with Crippen LogP contribution in [0.15, 0.2) is 42.7 Å². The van der Waals surface area contributed by atoms with Crippen LogP contribution in [-0.4, -0.2) is 40.5 Å². The van der Waals surface area contributed by atoms with E-state index in [1.165, 1.54) is 12.4 Å². The molecule has 2 aromatic rings. The number of rotatable bonds is 5. The van der Waals surface area contributed by atoms with Gasteiger partial charge >= 0.3 is 0 Å². The number of halogens is 1. The third-order valence-corrected chi connectivity index (χ3v) is 4.17. The Labute approximate surface area is 140 Å². The minimum absolute atomic E-state index is 0.114. The number of hydrogen-bond donors (Lipinski definition) is 0. The minimum Gasteiger partial charge on any atom is -0.476 e. The Morgan fingerprint density at radius 1 is 1.35 bits per heavy atom. The lowest BCUT2D eigenvalue weighted by molar-refractivity contribution is -0.139. The molecule has 0 bridgehead atoms. The minimum atomic E-state index is -0.114. The van der Waals surface area contributed by atoms with Crippen LogP contribution in [0.4, 0.5) is 0 Å². The van der Waals surface area contributed by atoms with E-state index in [0.717, 1.165) is 5.56 Å². The van der Waals surface area contributed by atoms with E-state index < -0.39 is 0 Å². The summed E-state index contributed by atoms with van der Waals surface area (Å²) in [5.41, 5.74) is 1.05. The quantitative estimate of drug-likeness (QED) is 0.845. The fourth-order valence-corrected chi connectivity index (χ4v) is 2.75. The largest absolute Gasteiger partial charge is 0.476 e. The Bertz CT molecular complexity index is 675. The van der Waals surface area contributed by atoms with Crippen LogP contribution >= 0.6 is 11.6 Å². The number of likely N-dealkylation sites (tertiary alicyclic amines) is 1. The first kappa shape index (κ1) is 15.7.